The zero-order valence-electron chi connectivity index (χ0n) is 32.4. The van der Waals surface area contributed by atoms with Crippen molar-refractivity contribution in [3.63, 3.8) is 0 Å². The van der Waals surface area contributed by atoms with Crippen LogP contribution < -0.4 is 5.32 Å². The number of aromatic amines is 1. The summed E-state index contributed by atoms with van der Waals surface area (Å²) >= 11 is 0. The molecule has 8 heteroatoms. The van der Waals surface area contributed by atoms with Crippen LogP contribution in [0.4, 0.5) is 0 Å². The molecular formula is C44H56N6SiZn. The molecule has 6 nitrogen and oxygen atoms in total. The van der Waals surface area contributed by atoms with Crippen LogP contribution in [0.25, 0.3) is 11.1 Å². The molecule has 0 radical (unpaired) electrons. The van der Waals surface area contributed by atoms with E-state index in [1.54, 1.807) is 0 Å². The second-order valence-corrected chi connectivity index (χ2v) is 20.7. The summed E-state index contributed by atoms with van der Waals surface area (Å²) in [4.78, 5) is 22.2. The first kappa shape index (κ1) is 39.4. The number of aromatic nitrogens is 1. The maximum Gasteiger partial charge on any atom is 0.121 e. The van der Waals surface area contributed by atoms with E-state index in [0.717, 1.165) is 88.3 Å². The van der Waals surface area contributed by atoms with Gasteiger partial charge in [-0.25, -0.2) is 15.0 Å². The van der Waals surface area contributed by atoms with Gasteiger partial charge in [0.2, 0.25) is 0 Å². The van der Waals surface area contributed by atoms with Crippen molar-refractivity contribution in [1.29, 1.82) is 0 Å². The largest absolute Gasteiger partial charge is 0.355 e. The Bertz CT molecular complexity index is 1910. The molecule has 0 fully saturated rings. The van der Waals surface area contributed by atoms with E-state index >= 15 is 0 Å². The van der Waals surface area contributed by atoms with Crippen LogP contribution in [0.3, 0.4) is 0 Å². The number of nitrogens with one attached hydrogen (secondary N) is 2. The predicted molar refractivity (Wildman–Crippen MR) is 221 cm³/mol. The Labute approximate surface area is 326 Å². The van der Waals surface area contributed by atoms with Gasteiger partial charge >= 0.3 is 0 Å². The van der Waals surface area contributed by atoms with Crippen molar-refractivity contribution in [2.45, 2.75) is 116 Å². The first-order valence-electron chi connectivity index (χ1n) is 19.3. The zero-order chi connectivity index (χ0) is 36.0. The monoisotopic (exact) mass is 760 g/mol. The van der Waals surface area contributed by atoms with Gasteiger partial charge in [0.25, 0.3) is 0 Å². The molecule has 6 rings (SSSR count). The molecule has 0 aromatic carbocycles. The normalized spacial score (nSPS) is 19.7. The van der Waals surface area contributed by atoms with Gasteiger partial charge in [-0.3, -0.25) is 0 Å². The SMILES string of the molecule is C#CC(C1=C2C=CC(=N2)C(CCCCCCC)=C2C=CC(=N2)C(=C2NC=CN2C)c2ccc([nH]2)C(CCCCCCC)=C2C=CC1=N2)[Si](C)(C)C.[Zn]. The third-order valence-electron chi connectivity index (χ3n) is 10.4. The number of unbranched alkanes of at least 4 members (excludes halogenated alkanes) is 8. The van der Waals surface area contributed by atoms with E-state index in [0.29, 0.717) is 0 Å². The molecule has 52 heavy (non-hydrogen) atoms. The molecule has 2 N–H and O–H groups in total. The summed E-state index contributed by atoms with van der Waals surface area (Å²) in [6.07, 6.45) is 37.5. The average molecular weight is 762 g/mol. The number of H-pyrrole nitrogens is 1. The fraction of sp³-hybridized carbons (Fsp3) is 0.432. The smallest absolute Gasteiger partial charge is 0.121 e. The van der Waals surface area contributed by atoms with E-state index in [1.165, 1.54) is 62.5 Å². The molecule has 268 valence electrons. The summed E-state index contributed by atoms with van der Waals surface area (Å²) in [7, 11) is 0.222. The molecule has 5 aliphatic heterocycles. The van der Waals surface area contributed by atoms with Crippen LogP contribution in [0.2, 0.25) is 25.2 Å². The fourth-order valence-corrected chi connectivity index (χ4v) is 9.24. The summed E-state index contributed by atoms with van der Waals surface area (Å²) in [5.74, 6) is 4.23. The van der Waals surface area contributed by atoms with Crippen LogP contribution in [0.1, 0.15) is 102 Å². The number of aliphatic imine (C=N–C) groups is 3. The average Bonchev–Trinajstić information content (AvgIpc) is 3.95. The van der Waals surface area contributed by atoms with E-state index in [9.17, 15) is 0 Å². The second-order valence-electron chi connectivity index (χ2n) is 15.4. The number of rotatable bonds is 14. The first-order valence-corrected chi connectivity index (χ1v) is 22.9. The van der Waals surface area contributed by atoms with Crippen molar-refractivity contribution in [3.8, 4) is 12.3 Å². The van der Waals surface area contributed by atoms with Gasteiger partial charge in [0, 0.05) is 66.9 Å². The number of allylic oxidation sites excluding steroid dienone is 10. The minimum absolute atomic E-state index is 0. The minimum atomic E-state index is -1.86. The van der Waals surface area contributed by atoms with Crippen molar-refractivity contribution in [2.24, 2.45) is 15.0 Å². The van der Waals surface area contributed by atoms with Gasteiger partial charge in [0.05, 0.1) is 53.6 Å². The second kappa shape index (κ2) is 17.8. The predicted octanol–water partition coefficient (Wildman–Crippen LogP) is 11.0. The summed E-state index contributed by atoms with van der Waals surface area (Å²) in [6.45, 7) is 11.6. The molecular weight excluding hydrogens is 706 g/mol. The summed E-state index contributed by atoms with van der Waals surface area (Å²) < 4.78 is 0. The van der Waals surface area contributed by atoms with Gasteiger partial charge in [0.1, 0.15) is 5.82 Å². The van der Waals surface area contributed by atoms with Gasteiger partial charge in [-0.2, -0.15) is 0 Å². The van der Waals surface area contributed by atoms with Crippen molar-refractivity contribution >= 4 is 36.4 Å². The summed E-state index contributed by atoms with van der Waals surface area (Å²) in [5, 5.41) is 3.50. The van der Waals surface area contributed by atoms with Crippen molar-refractivity contribution in [3.05, 3.63) is 106 Å². The van der Waals surface area contributed by atoms with Gasteiger partial charge in [-0.15, -0.1) is 12.3 Å². The van der Waals surface area contributed by atoms with E-state index in [2.05, 4.69) is 116 Å². The van der Waals surface area contributed by atoms with E-state index in [-0.39, 0.29) is 25.0 Å². The van der Waals surface area contributed by atoms with Gasteiger partial charge < -0.3 is 15.2 Å². The van der Waals surface area contributed by atoms with Crippen LogP contribution in [0.15, 0.2) is 110 Å². The molecule has 1 aromatic heterocycles. The molecule has 1 atom stereocenters. The van der Waals surface area contributed by atoms with Crippen LogP contribution in [-0.4, -0.2) is 42.1 Å². The Hall–Kier alpha value is -3.79. The van der Waals surface area contributed by atoms with Crippen LogP contribution in [0, 0.1) is 12.3 Å². The Morgan fingerprint density at radius 3 is 1.90 bits per heavy atom. The molecule has 6 heterocycles. The maximum absolute atomic E-state index is 6.40. The van der Waals surface area contributed by atoms with Crippen molar-refractivity contribution in [1.82, 2.24) is 15.2 Å². The maximum atomic E-state index is 6.40. The molecule has 8 bridgehead atoms. The topological polar surface area (TPSA) is 68.1 Å². The summed E-state index contributed by atoms with van der Waals surface area (Å²) in [5.41, 5.74) is 12.5. The number of nitrogens with zero attached hydrogens (tertiary/aromatic N) is 4. The number of hydrogen-bond donors (Lipinski definition) is 2. The van der Waals surface area contributed by atoms with Crippen molar-refractivity contribution < 1.29 is 19.5 Å². The van der Waals surface area contributed by atoms with E-state index in [4.69, 9.17) is 21.4 Å². The molecule has 0 amide bonds. The van der Waals surface area contributed by atoms with Crippen LogP contribution in [-0.2, 0) is 19.5 Å². The zero-order valence-corrected chi connectivity index (χ0v) is 36.4. The number of hydrogen-bond acceptors (Lipinski definition) is 5. The number of terminal acetylenes is 1. The minimum Gasteiger partial charge on any atom is -0.355 e. The molecule has 0 saturated heterocycles. The fourth-order valence-electron chi connectivity index (χ4n) is 7.58. The van der Waals surface area contributed by atoms with Gasteiger partial charge in [0.15, 0.2) is 0 Å². The van der Waals surface area contributed by atoms with E-state index < -0.39 is 8.07 Å². The molecule has 0 aliphatic carbocycles. The first-order chi connectivity index (χ1) is 24.7. The Kier molecular flexibility index (Phi) is 13.5. The quantitative estimate of drug-likeness (QED) is 0.113. The number of fused-ring (bicyclic) bond motifs is 5. The van der Waals surface area contributed by atoms with E-state index in [1.807, 2.05) is 6.20 Å². The Morgan fingerprint density at radius 2 is 1.27 bits per heavy atom. The van der Waals surface area contributed by atoms with Gasteiger partial charge in [-0.1, -0.05) is 84.9 Å². The van der Waals surface area contributed by atoms with Crippen LogP contribution >= 0.6 is 0 Å². The van der Waals surface area contributed by atoms with Crippen molar-refractivity contribution in [2.75, 3.05) is 7.05 Å². The van der Waals surface area contributed by atoms with Crippen LogP contribution in [0.5, 0.6) is 0 Å². The molecule has 0 saturated carbocycles. The molecule has 0 spiro atoms. The Morgan fingerprint density at radius 1 is 0.712 bits per heavy atom. The van der Waals surface area contributed by atoms with Gasteiger partial charge in [-0.05, 0) is 74.3 Å². The third kappa shape index (κ3) is 8.70. The molecule has 1 aromatic rings. The third-order valence-corrected chi connectivity index (χ3v) is 12.6. The Balaban J connectivity index is 0.00000523. The summed E-state index contributed by atoms with van der Waals surface area (Å²) in [6, 6.07) is 4.43. The standard InChI is InChI=1S/C44H56N6Si.Zn/c1-8-11-13-15-17-19-31-33-21-25-37(46-33)42(41(10-3)51(5,6)7)38-26-22-34(47-38)32(20-18-16-14-12-9-2)36-24-28-40(49-36)43(39-27-23-35(31)48-39)44-45-29-30-50(44)4;/h3,21-30,41,45,48H,8-9,11-20H2,1-2,4-7H3;. The molecule has 1 unspecified atom stereocenters. The molecule has 5 aliphatic rings.